The Hall–Kier alpha value is -2.78. The number of nitrogens with one attached hydrogen (secondary N) is 1. The van der Waals surface area contributed by atoms with Crippen molar-refractivity contribution in [2.24, 2.45) is 0 Å². The van der Waals surface area contributed by atoms with Gasteiger partial charge in [-0.2, -0.15) is 0 Å². The Bertz CT molecular complexity index is 967. The summed E-state index contributed by atoms with van der Waals surface area (Å²) >= 11 is 5.90. The summed E-state index contributed by atoms with van der Waals surface area (Å²) in [6.07, 6.45) is 3.13. The molecule has 0 aromatic heterocycles. The number of aryl methyl sites for hydroxylation is 1. The van der Waals surface area contributed by atoms with E-state index in [1.807, 2.05) is 36.4 Å². The van der Waals surface area contributed by atoms with Crippen LogP contribution >= 0.6 is 11.6 Å². The maximum absolute atomic E-state index is 12.4. The van der Waals surface area contributed by atoms with Gasteiger partial charge in [0.2, 0.25) is 0 Å². The number of carbonyl (C=O) groups is 1. The highest BCUT2D eigenvalue weighted by Gasteiger charge is 2.16. The summed E-state index contributed by atoms with van der Waals surface area (Å²) in [5.41, 5.74) is 5.84. The molecule has 4 heteroatoms. The molecular weight excluding hydrogens is 380 g/mol. The Morgan fingerprint density at radius 1 is 0.931 bits per heavy atom. The molecule has 0 saturated heterocycles. The third kappa shape index (κ3) is 4.99. The minimum atomic E-state index is -0.0335. The second-order valence-corrected chi connectivity index (χ2v) is 7.92. The smallest absolute Gasteiger partial charge is 0.251 e. The van der Waals surface area contributed by atoms with E-state index in [-0.39, 0.29) is 5.91 Å². The molecule has 1 heterocycles. The molecule has 1 aliphatic rings. The van der Waals surface area contributed by atoms with Crippen molar-refractivity contribution in [2.45, 2.75) is 25.8 Å². The first kappa shape index (κ1) is 19.5. The number of hydrogen-bond acceptors (Lipinski definition) is 2. The molecule has 148 valence electrons. The predicted octanol–water partition coefficient (Wildman–Crippen LogP) is 5.27. The summed E-state index contributed by atoms with van der Waals surface area (Å²) in [5, 5.41) is 3.72. The van der Waals surface area contributed by atoms with Crippen LogP contribution in [0.1, 0.15) is 33.5 Å². The Morgan fingerprint density at radius 3 is 2.45 bits per heavy atom. The van der Waals surface area contributed by atoms with Crippen LogP contribution < -0.4 is 10.2 Å². The fourth-order valence-electron chi connectivity index (χ4n) is 3.83. The van der Waals surface area contributed by atoms with Gasteiger partial charge in [0.05, 0.1) is 0 Å². The zero-order valence-electron chi connectivity index (χ0n) is 16.4. The van der Waals surface area contributed by atoms with Crippen molar-refractivity contribution < 1.29 is 4.79 Å². The summed E-state index contributed by atoms with van der Waals surface area (Å²) in [6, 6.07) is 24.3. The van der Waals surface area contributed by atoms with Gasteiger partial charge in [-0.1, -0.05) is 54.1 Å². The van der Waals surface area contributed by atoms with E-state index in [2.05, 4.69) is 46.6 Å². The van der Waals surface area contributed by atoms with Crippen LogP contribution in [0.5, 0.6) is 0 Å². The zero-order valence-corrected chi connectivity index (χ0v) is 17.2. The number of rotatable bonds is 6. The Balaban J connectivity index is 1.32. The van der Waals surface area contributed by atoms with Gasteiger partial charge in [0.15, 0.2) is 0 Å². The Morgan fingerprint density at radius 2 is 1.66 bits per heavy atom. The molecule has 1 aliphatic heterocycles. The van der Waals surface area contributed by atoms with Gasteiger partial charge in [-0.15, -0.1) is 0 Å². The van der Waals surface area contributed by atoms with Crippen LogP contribution in [0.25, 0.3) is 0 Å². The average molecular weight is 405 g/mol. The van der Waals surface area contributed by atoms with Crippen LogP contribution in [0.15, 0.2) is 72.8 Å². The van der Waals surface area contributed by atoms with Crippen molar-refractivity contribution in [3.63, 3.8) is 0 Å². The lowest BCUT2D eigenvalue weighted by atomic mass is 10.0. The number of hydrogen-bond donors (Lipinski definition) is 1. The number of carbonyl (C=O) groups excluding carboxylic acids is 1. The van der Waals surface area contributed by atoms with Crippen LogP contribution in [0.4, 0.5) is 5.69 Å². The normalized spacial score (nSPS) is 13.1. The number of amides is 1. The van der Waals surface area contributed by atoms with Crippen molar-refractivity contribution in [1.29, 1.82) is 0 Å². The number of benzene rings is 3. The molecular formula is C25H25ClN2O. The molecule has 3 aromatic rings. The highest BCUT2D eigenvalue weighted by Crippen LogP contribution is 2.28. The minimum absolute atomic E-state index is 0.0335. The molecule has 1 amide bonds. The minimum Gasteiger partial charge on any atom is -0.367 e. The van der Waals surface area contributed by atoms with Gasteiger partial charge in [-0.05, 0) is 66.3 Å². The summed E-state index contributed by atoms with van der Waals surface area (Å²) in [4.78, 5) is 14.8. The first-order valence-corrected chi connectivity index (χ1v) is 10.5. The zero-order chi connectivity index (χ0) is 20.1. The Kier molecular flexibility index (Phi) is 6.16. The van der Waals surface area contributed by atoms with Gasteiger partial charge in [0.25, 0.3) is 5.91 Å². The van der Waals surface area contributed by atoms with E-state index in [4.69, 9.17) is 11.6 Å². The molecule has 0 fully saturated rings. The molecule has 0 spiro atoms. The van der Waals surface area contributed by atoms with E-state index in [1.54, 1.807) is 0 Å². The van der Waals surface area contributed by atoms with Gasteiger partial charge in [-0.3, -0.25) is 4.79 Å². The van der Waals surface area contributed by atoms with E-state index in [0.29, 0.717) is 12.1 Å². The fraction of sp³-hybridized carbons (Fsp3) is 0.240. The molecule has 0 atom stereocenters. The predicted molar refractivity (Wildman–Crippen MR) is 120 cm³/mol. The lowest BCUT2D eigenvalue weighted by molar-refractivity contribution is 0.0954. The summed E-state index contributed by atoms with van der Waals surface area (Å²) in [7, 11) is 0. The van der Waals surface area contributed by atoms with Crippen molar-refractivity contribution in [3.05, 3.63) is 100 Å². The van der Waals surface area contributed by atoms with E-state index >= 15 is 0 Å². The molecule has 0 bridgehead atoms. The van der Waals surface area contributed by atoms with Gasteiger partial charge < -0.3 is 10.2 Å². The highest BCUT2D eigenvalue weighted by atomic mass is 35.5. The average Bonchev–Trinajstić information content (AvgIpc) is 2.76. The van der Waals surface area contributed by atoms with Crippen LogP contribution in [0.3, 0.4) is 0 Å². The number of anilines is 1. The van der Waals surface area contributed by atoms with E-state index in [9.17, 15) is 4.79 Å². The van der Waals surface area contributed by atoms with Crippen molar-refractivity contribution in [1.82, 2.24) is 5.32 Å². The third-order valence-electron chi connectivity index (χ3n) is 5.41. The van der Waals surface area contributed by atoms with E-state index in [1.165, 1.54) is 23.2 Å². The largest absolute Gasteiger partial charge is 0.367 e. The summed E-state index contributed by atoms with van der Waals surface area (Å²) in [6.45, 7) is 2.55. The summed E-state index contributed by atoms with van der Waals surface area (Å²) in [5.74, 6) is -0.0335. The first-order chi connectivity index (χ1) is 14.2. The second-order valence-electron chi connectivity index (χ2n) is 7.48. The van der Waals surface area contributed by atoms with Crippen LogP contribution in [-0.4, -0.2) is 19.0 Å². The second kappa shape index (κ2) is 9.15. The van der Waals surface area contributed by atoms with E-state index in [0.717, 1.165) is 36.5 Å². The summed E-state index contributed by atoms with van der Waals surface area (Å²) < 4.78 is 0. The van der Waals surface area contributed by atoms with Crippen LogP contribution in [0.2, 0.25) is 5.02 Å². The molecule has 3 nitrogen and oxygen atoms in total. The molecule has 0 radical (unpaired) electrons. The standard InChI is InChI=1S/C25H25ClN2O/c26-23-13-9-19(10-14-23)15-16-27-25(29)22-11-7-20(8-12-22)18-28-17-3-5-21-4-1-2-6-24(21)28/h1-2,4,6-14H,3,5,15-18H2,(H,27,29). The number of para-hydroxylation sites is 1. The van der Waals surface area contributed by atoms with Gasteiger partial charge >= 0.3 is 0 Å². The van der Waals surface area contributed by atoms with Crippen molar-refractivity contribution >= 4 is 23.2 Å². The number of nitrogens with zero attached hydrogens (tertiary/aromatic N) is 1. The Labute approximate surface area is 177 Å². The molecule has 1 N–H and O–H groups in total. The fourth-order valence-corrected chi connectivity index (χ4v) is 3.96. The van der Waals surface area contributed by atoms with Crippen molar-refractivity contribution in [2.75, 3.05) is 18.0 Å². The van der Waals surface area contributed by atoms with Crippen LogP contribution in [-0.2, 0) is 19.4 Å². The van der Waals surface area contributed by atoms with Gasteiger partial charge in [-0.25, -0.2) is 0 Å². The van der Waals surface area contributed by atoms with Gasteiger partial charge in [0.1, 0.15) is 0 Å². The SMILES string of the molecule is O=C(NCCc1ccc(Cl)cc1)c1ccc(CN2CCCc3ccccc32)cc1. The molecule has 0 aliphatic carbocycles. The first-order valence-electron chi connectivity index (χ1n) is 10.1. The highest BCUT2D eigenvalue weighted by molar-refractivity contribution is 6.30. The van der Waals surface area contributed by atoms with Crippen LogP contribution in [0, 0.1) is 0 Å². The molecule has 3 aromatic carbocycles. The number of fused-ring (bicyclic) bond motifs is 1. The monoisotopic (exact) mass is 404 g/mol. The quantitative estimate of drug-likeness (QED) is 0.607. The van der Waals surface area contributed by atoms with E-state index < -0.39 is 0 Å². The van der Waals surface area contributed by atoms with Crippen molar-refractivity contribution in [3.8, 4) is 0 Å². The van der Waals surface area contributed by atoms with Gasteiger partial charge in [0, 0.05) is 35.9 Å². The molecule has 29 heavy (non-hydrogen) atoms. The lowest BCUT2D eigenvalue weighted by Crippen LogP contribution is -2.29. The molecule has 4 rings (SSSR count). The lowest BCUT2D eigenvalue weighted by Gasteiger charge is -2.31. The third-order valence-corrected chi connectivity index (χ3v) is 5.66. The topological polar surface area (TPSA) is 32.3 Å². The maximum Gasteiger partial charge on any atom is 0.251 e. The molecule has 0 saturated carbocycles. The maximum atomic E-state index is 12.4. The number of halogens is 1. The molecule has 0 unspecified atom stereocenters.